The van der Waals surface area contributed by atoms with Gasteiger partial charge in [-0.3, -0.25) is 4.84 Å². The third-order valence-electron chi connectivity index (χ3n) is 5.12. The normalized spacial score (nSPS) is 18.9. The largest absolute Gasteiger partial charge is 0.467 e. The highest BCUT2D eigenvalue weighted by Crippen LogP contribution is 2.39. The van der Waals surface area contributed by atoms with Crippen LogP contribution in [0.1, 0.15) is 23.6 Å². The van der Waals surface area contributed by atoms with Gasteiger partial charge in [-0.2, -0.15) is 0 Å². The number of ether oxygens (including phenoxy) is 1. The van der Waals surface area contributed by atoms with Crippen molar-refractivity contribution in [1.29, 1.82) is 0 Å². The lowest BCUT2D eigenvalue weighted by atomic mass is 9.97. The molecule has 0 radical (unpaired) electrons. The molecular weight excluding hydrogens is 350 g/mol. The lowest BCUT2D eigenvalue weighted by Crippen LogP contribution is -2.25. The molecule has 3 aromatic carbocycles. The van der Waals surface area contributed by atoms with Gasteiger partial charge in [0.25, 0.3) is 0 Å². The molecule has 4 heteroatoms. The van der Waals surface area contributed by atoms with Crippen molar-refractivity contribution in [3.8, 4) is 11.1 Å². The van der Waals surface area contributed by atoms with Crippen molar-refractivity contribution in [3.05, 3.63) is 90.0 Å². The van der Waals surface area contributed by atoms with E-state index < -0.39 is 6.10 Å². The topological polar surface area (TPSA) is 38.8 Å². The number of aryl methyl sites for hydroxylation is 1. The molecule has 0 saturated carbocycles. The van der Waals surface area contributed by atoms with Gasteiger partial charge < -0.3 is 4.74 Å². The van der Waals surface area contributed by atoms with Gasteiger partial charge in [0.2, 0.25) is 0 Å². The second-order valence-corrected chi connectivity index (χ2v) is 7.02. The smallest absolute Gasteiger partial charge is 0.337 e. The number of carbonyl (C=O) groups excluding carboxylic acids is 1. The Balaban J connectivity index is 1.64. The second-order valence-electron chi connectivity index (χ2n) is 7.02. The number of anilines is 1. The predicted octanol–water partition coefficient (Wildman–Crippen LogP) is 5.09. The fourth-order valence-corrected chi connectivity index (χ4v) is 3.56. The van der Waals surface area contributed by atoms with E-state index in [0.29, 0.717) is 6.42 Å². The number of carbonyl (C=O) groups is 1. The maximum atomic E-state index is 12.1. The van der Waals surface area contributed by atoms with Crippen molar-refractivity contribution in [2.45, 2.75) is 25.5 Å². The van der Waals surface area contributed by atoms with Crippen molar-refractivity contribution < 1.29 is 14.4 Å². The first-order chi connectivity index (χ1) is 13.7. The van der Waals surface area contributed by atoms with Gasteiger partial charge in [-0.15, -0.1) is 0 Å². The molecule has 0 aromatic heterocycles. The number of hydroxylamine groups is 1. The molecule has 1 fully saturated rings. The van der Waals surface area contributed by atoms with Crippen molar-refractivity contribution in [2.75, 3.05) is 12.2 Å². The van der Waals surface area contributed by atoms with E-state index in [-0.39, 0.29) is 12.0 Å². The van der Waals surface area contributed by atoms with Crippen molar-refractivity contribution in [3.63, 3.8) is 0 Å². The first-order valence-electron chi connectivity index (χ1n) is 9.41. The van der Waals surface area contributed by atoms with E-state index in [1.165, 1.54) is 18.2 Å². The molecule has 3 aromatic rings. The van der Waals surface area contributed by atoms with Crippen LogP contribution in [0.3, 0.4) is 0 Å². The number of methoxy groups -OCH3 is 1. The highest BCUT2D eigenvalue weighted by atomic mass is 16.7. The van der Waals surface area contributed by atoms with E-state index in [1.54, 1.807) is 0 Å². The Hall–Kier alpha value is -3.11. The molecule has 142 valence electrons. The number of hydrogen-bond acceptors (Lipinski definition) is 4. The van der Waals surface area contributed by atoms with E-state index in [9.17, 15) is 4.79 Å². The van der Waals surface area contributed by atoms with Gasteiger partial charge in [0.1, 0.15) is 0 Å². The van der Waals surface area contributed by atoms with Crippen LogP contribution < -0.4 is 5.06 Å². The fourth-order valence-electron chi connectivity index (χ4n) is 3.56. The first kappa shape index (κ1) is 18.3. The van der Waals surface area contributed by atoms with Crippen molar-refractivity contribution in [1.82, 2.24) is 0 Å². The van der Waals surface area contributed by atoms with Crippen LogP contribution in [0.4, 0.5) is 5.69 Å². The first-order valence-corrected chi connectivity index (χ1v) is 9.41. The molecule has 0 amide bonds. The van der Waals surface area contributed by atoms with Gasteiger partial charge in [0.05, 0.1) is 18.8 Å². The highest BCUT2D eigenvalue weighted by Gasteiger charge is 2.39. The van der Waals surface area contributed by atoms with Crippen LogP contribution in [-0.2, 0) is 14.4 Å². The minimum atomic E-state index is -0.606. The summed E-state index contributed by atoms with van der Waals surface area (Å²) >= 11 is 0. The minimum absolute atomic E-state index is 0.0587. The molecular formula is C24H23NO3. The summed E-state index contributed by atoms with van der Waals surface area (Å²) in [5.41, 5.74) is 5.55. The summed E-state index contributed by atoms with van der Waals surface area (Å²) in [7, 11) is 1.39. The van der Waals surface area contributed by atoms with Gasteiger partial charge in [0, 0.05) is 6.42 Å². The van der Waals surface area contributed by atoms with Crippen molar-refractivity contribution in [2.24, 2.45) is 0 Å². The van der Waals surface area contributed by atoms with Crippen molar-refractivity contribution >= 4 is 11.7 Å². The molecule has 28 heavy (non-hydrogen) atoms. The second kappa shape index (κ2) is 7.87. The molecule has 2 atom stereocenters. The summed E-state index contributed by atoms with van der Waals surface area (Å²) < 4.78 is 4.91. The van der Waals surface area contributed by atoms with Crippen LogP contribution in [0, 0.1) is 6.92 Å². The maximum absolute atomic E-state index is 12.1. The van der Waals surface area contributed by atoms with E-state index in [2.05, 4.69) is 36.4 Å². The Morgan fingerprint density at radius 2 is 1.57 bits per heavy atom. The standard InChI is InChI=1S/C24H23NO3/c1-17-8-14-21(15-9-17)25-22(16-23(28-25)24(26)27-2)20-12-10-19(11-13-20)18-6-4-3-5-7-18/h3-15,22-23H,16H2,1-2H3. The van der Waals surface area contributed by atoms with Gasteiger partial charge in [-0.05, 0) is 35.7 Å². The Morgan fingerprint density at radius 3 is 2.21 bits per heavy atom. The highest BCUT2D eigenvalue weighted by molar-refractivity contribution is 5.75. The average molecular weight is 373 g/mol. The average Bonchev–Trinajstić information content (AvgIpc) is 3.20. The van der Waals surface area contributed by atoms with Crippen LogP contribution in [0.25, 0.3) is 11.1 Å². The van der Waals surface area contributed by atoms with Gasteiger partial charge in [-0.25, -0.2) is 9.86 Å². The molecule has 0 aliphatic carbocycles. The molecule has 4 nitrogen and oxygen atoms in total. The van der Waals surface area contributed by atoms with Gasteiger partial charge >= 0.3 is 5.97 Å². The minimum Gasteiger partial charge on any atom is -0.467 e. The zero-order chi connectivity index (χ0) is 19.5. The SMILES string of the molecule is COC(=O)C1CC(c2ccc(-c3ccccc3)cc2)N(c2ccc(C)cc2)O1. The Kier molecular flexibility index (Phi) is 5.13. The van der Waals surface area contributed by atoms with E-state index in [4.69, 9.17) is 9.57 Å². The predicted molar refractivity (Wildman–Crippen MR) is 110 cm³/mol. The molecule has 0 N–H and O–H groups in total. The number of nitrogens with zero attached hydrogens (tertiary/aromatic N) is 1. The summed E-state index contributed by atoms with van der Waals surface area (Å²) in [6.45, 7) is 2.05. The van der Waals surface area contributed by atoms with Crippen LogP contribution in [0.15, 0.2) is 78.9 Å². The molecule has 2 unspecified atom stereocenters. The number of hydrogen-bond donors (Lipinski definition) is 0. The van der Waals surface area contributed by atoms with E-state index in [0.717, 1.165) is 16.8 Å². The summed E-state index contributed by atoms with van der Waals surface area (Å²) in [4.78, 5) is 18.1. The Morgan fingerprint density at radius 1 is 0.929 bits per heavy atom. The van der Waals surface area contributed by atoms with Gasteiger partial charge in [-0.1, -0.05) is 72.3 Å². The number of rotatable bonds is 4. The lowest BCUT2D eigenvalue weighted by molar-refractivity contribution is -0.151. The molecule has 1 aliphatic heterocycles. The number of benzene rings is 3. The Bertz CT molecular complexity index is 936. The molecule has 1 saturated heterocycles. The summed E-state index contributed by atoms with van der Waals surface area (Å²) in [5.74, 6) is -0.347. The molecule has 0 bridgehead atoms. The van der Waals surface area contributed by atoms with Gasteiger partial charge in [0.15, 0.2) is 6.10 Å². The van der Waals surface area contributed by atoms with Crippen LogP contribution in [-0.4, -0.2) is 19.2 Å². The fraction of sp³-hybridized carbons (Fsp3) is 0.208. The molecule has 0 spiro atoms. The quantitative estimate of drug-likeness (QED) is 0.598. The number of esters is 1. The zero-order valence-corrected chi connectivity index (χ0v) is 16.0. The van der Waals surface area contributed by atoms with Crippen LogP contribution in [0.2, 0.25) is 0 Å². The third kappa shape index (κ3) is 3.64. The Labute approximate surface area is 165 Å². The summed E-state index contributed by atoms with van der Waals surface area (Å²) in [6.07, 6.45) is -0.0595. The van der Waals surface area contributed by atoms with E-state index in [1.807, 2.05) is 54.5 Å². The third-order valence-corrected chi connectivity index (χ3v) is 5.12. The lowest BCUT2D eigenvalue weighted by Gasteiger charge is -2.25. The molecule has 1 aliphatic rings. The molecule has 4 rings (SSSR count). The summed E-state index contributed by atoms with van der Waals surface area (Å²) in [6, 6.07) is 26.8. The molecule has 1 heterocycles. The monoisotopic (exact) mass is 373 g/mol. The van der Waals surface area contributed by atoms with Crippen LogP contribution in [0.5, 0.6) is 0 Å². The van der Waals surface area contributed by atoms with Crippen LogP contribution >= 0.6 is 0 Å². The maximum Gasteiger partial charge on any atom is 0.337 e. The van der Waals surface area contributed by atoms with E-state index >= 15 is 0 Å². The zero-order valence-electron chi connectivity index (χ0n) is 16.0. The summed E-state index contributed by atoms with van der Waals surface area (Å²) in [5, 5.41) is 1.83.